The van der Waals surface area contributed by atoms with Crippen LogP contribution in [-0.4, -0.2) is 29.0 Å². The number of alkyl carbamates (subject to hydrolysis) is 1. The van der Waals surface area contributed by atoms with Crippen LogP contribution < -0.4 is 5.32 Å². The van der Waals surface area contributed by atoms with Gasteiger partial charge in [0.05, 0.1) is 12.0 Å². The van der Waals surface area contributed by atoms with E-state index in [1.807, 2.05) is 91.6 Å². The molecule has 5 heteroatoms. The van der Waals surface area contributed by atoms with Crippen LogP contribution in [0.3, 0.4) is 0 Å². The highest BCUT2D eigenvalue weighted by Gasteiger charge is 2.48. The minimum absolute atomic E-state index is 0.0397. The molecule has 0 aromatic heterocycles. The van der Waals surface area contributed by atoms with Crippen LogP contribution in [-0.2, 0) is 22.7 Å². The number of nitrogens with one attached hydrogen (secondary N) is 1. The van der Waals surface area contributed by atoms with Crippen LogP contribution in [0.25, 0.3) is 0 Å². The summed E-state index contributed by atoms with van der Waals surface area (Å²) < 4.78 is 5.28. The maximum absolute atomic E-state index is 12.8. The molecule has 0 bridgehead atoms. The molecule has 2 aromatic rings. The van der Waals surface area contributed by atoms with Gasteiger partial charge in [-0.3, -0.25) is 4.79 Å². The maximum atomic E-state index is 12.8. The minimum atomic E-state index is -0.509. The minimum Gasteiger partial charge on any atom is -0.445 e. The molecule has 2 aromatic carbocycles. The third-order valence-electron chi connectivity index (χ3n) is 4.98. The number of likely N-dealkylation sites (tertiary alicyclic amines) is 1. The number of carbonyl (C=O) groups excluding carboxylic acids is 2. The predicted octanol–water partition coefficient (Wildman–Crippen LogP) is 3.90. The van der Waals surface area contributed by atoms with E-state index >= 15 is 0 Å². The van der Waals surface area contributed by atoms with E-state index < -0.39 is 6.09 Å². The van der Waals surface area contributed by atoms with Crippen LogP contribution in [0.2, 0.25) is 0 Å². The van der Waals surface area contributed by atoms with E-state index in [0.29, 0.717) is 6.54 Å². The van der Waals surface area contributed by atoms with Crippen LogP contribution in [0, 0.1) is 5.92 Å². The van der Waals surface area contributed by atoms with Gasteiger partial charge in [0.1, 0.15) is 6.61 Å². The second-order valence-corrected chi connectivity index (χ2v) is 6.99. The summed E-state index contributed by atoms with van der Waals surface area (Å²) in [6, 6.07) is 19.1. The molecular formula is C23H26N2O3. The van der Waals surface area contributed by atoms with Gasteiger partial charge in [-0.2, -0.15) is 0 Å². The number of carbonyl (C=O) groups is 2. The lowest BCUT2D eigenvalue weighted by molar-refractivity contribution is -0.155. The molecule has 2 amide bonds. The molecule has 3 atom stereocenters. The van der Waals surface area contributed by atoms with Gasteiger partial charge in [0, 0.05) is 12.6 Å². The number of ether oxygens (including phenoxy) is 1. The van der Waals surface area contributed by atoms with Gasteiger partial charge in [-0.15, -0.1) is 0 Å². The molecule has 1 fully saturated rings. The summed E-state index contributed by atoms with van der Waals surface area (Å²) in [7, 11) is 0. The van der Waals surface area contributed by atoms with Crippen molar-refractivity contribution >= 4 is 12.0 Å². The zero-order valence-electron chi connectivity index (χ0n) is 16.2. The SMILES string of the molecule is CC=CC1C(C(C)NC(=O)OCc2ccccc2)C(=O)N1Cc1ccccc1. The fourth-order valence-corrected chi connectivity index (χ4v) is 3.53. The van der Waals surface area contributed by atoms with Gasteiger partial charge in [0.15, 0.2) is 0 Å². The van der Waals surface area contributed by atoms with Crippen LogP contribution in [0.1, 0.15) is 25.0 Å². The van der Waals surface area contributed by atoms with E-state index in [0.717, 1.165) is 11.1 Å². The summed E-state index contributed by atoms with van der Waals surface area (Å²) in [4.78, 5) is 26.7. The molecule has 1 aliphatic heterocycles. The van der Waals surface area contributed by atoms with Crippen molar-refractivity contribution < 1.29 is 14.3 Å². The lowest BCUT2D eigenvalue weighted by Gasteiger charge is -2.48. The first-order valence-corrected chi connectivity index (χ1v) is 9.54. The molecule has 1 aliphatic rings. The molecule has 3 unspecified atom stereocenters. The van der Waals surface area contributed by atoms with Gasteiger partial charge in [0.2, 0.25) is 5.91 Å². The number of hydrogen-bond acceptors (Lipinski definition) is 3. The Hall–Kier alpha value is -3.08. The van der Waals surface area contributed by atoms with E-state index in [9.17, 15) is 9.59 Å². The van der Waals surface area contributed by atoms with Gasteiger partial charge in [0.25, 0.3) is 0 Å². The number of nitrogens with zero attached hydrogens (tertiary/aromatic N) is 1. The van der Waals surface area contributed by atoms with Crippen LogP contribution >= 0.6 is 0 Å². The van der Waals surface area contributed by atoms with Crippen LogP contribution in [0.4, 0.5) is 4.79 Å². The Labute approximate surface area is 166 Å². The highest BCUT2D eigenvalue weighted by molar-refractivity contribution is 5.88. The molecule has 3 rings (SSSR count). The van der Waals surface area contributed by atoms with Gasteiger partial charge in [-0.05, 0) is 25.0 Å². The molecule has 5 nitrogen and oxygen atoms in total. The monoisotopic (exact) mass is 378 g/mol. The highest BCUT2D eigenvalue weighted by Crippen LogP contribution is 2.32. The first kappa shape index (κ1) is 19.7. The molecule has 1 saturated heterocycles. The molecule has 0 spiro atoms. The standard InChI is InChI=1S/C23H26N2O3/c1-3-10-20-21(22(26)25(20)15-18-11-6-4-7-12-18)17(2)24-23(27)28-16-19-13-8-5-9-14-19/h3-14,17,20-21H,15-16H2,1-2H3,(H,24,27). The van der Waals surface area contributed by atoms with E-state index in [-0.39, 0.29) is 30.5 Å². The van der Waals surface area contributed by atoms with Crippen molar-refractivity contribution in [3.8, 4) is 0 Å². The quantitative estimate of drug-likeness (QED) is 0.587. The number of rotatable bonds is 7. The average Bonchev–Trinajstić information content (AvgIpc) is 2.72. The molecule has 1 heterocycles. The molecule has 146 valence electrons. The van der Waals surface area contributed by atoms with Crippen molar-refractivity contribution in [1.82, 2.24) is 10.2 Å². The zero-order chi connectivity index (χ0) is 19.9. The maximum Gasteiger partial charge on any atom is 0.407 e. The van der Waals surface area contributed by atoms with Gasteiger partial charge in [-0.1, -0.05) is 72.8 Å². The predicted molar refractivity (Wildman–Crippen MR) is 108 cm³/mol. The zero-order valence-corrected chi connectivity index (χ0v) is 16.2. The summed E-state index contributed by atoms with van der Waals surface area (Å²) in [5, 5.41) is 2.81. The number of β-lactam (4-membered cyclic amide) rings is 1. The number of allylic oxidation sites excluding steroid dienone is 1. The van der Waals surface area contributed by atoms with Crippen molar-refractivity contribution in [2.24, 2.45) is 5.92 Å². The summed E-state index contributed by atoms with van der Waals surface area (Å²) in [5.74, 6) is -0.244. The average molecular weight is 378 g/mol. The largest absolute Gasteiger partial charge is 0.445 e. The fourth-order valence-electron chi connectivity index (χ4n) is 3.53. The first-order chi connectivity index (χ1) is 13.6. The summed E-state index contributed by atoms with van der Waals surface area (Å²) in [6.07, 6.45) is 3.45. The van der Waals surface area contributed by atoms with E-state index in [2.05, 4.69) is 5.32 Å². The van der Waals surface area contributed by atoms with E-state index in [4.69, 9.17) is 4.74 Å². The van der Waals surface area contributed by atoms with Gasteiger partial charge >= 0.3 is 6.09 Å². The molecule has 0 radical (unpaired) electrons. The highest BCUT2D eigenvalue weighted by atomic mass is 16.5. The number of benzene rings is 2. The lowest BCUT2D eigenvalue weighted by atomic mass is 9.81. The number of hydrogen-bond donors (Lipinski definition) is 1. The lowest BCUT2D eigenvalue weighted by Crippen LogP contribution is -2.65. The van der Waals surface area contributed by atoms with Crippen molar-refractivity contribution in [2.45, 2.75) is 39.1 Å². The van der Waals surface area contributed by atoms with Crippen LogP contribution in [0.15, 0.2) is 72.8 Å². The Balaban J connectivity index is 1.57. The second-order valence-electron chi connectivity index (χ2n) is 6.99. The van der Waals surface area contributed by atoms with Crippen LogP contribution in [0.5, 0.6) is 0 Å². The van der Waals surface area contributed by atoms with Gasteiger partial charge in [-0.25, -0.2) is 4.79 Å². The third-order valence-corrected chi connectivity index (χ3v) is 4.98. The van der Waals surface area contributed by atoms with Crippen molar-refractivity contribution in [2.75, 3.05) is 0 Å². The summed E-state index contributed by atoms with van der Waals surface area (Å²) in [5.41, 5.74) is 2.01. The van der Waals surface area contributed by atoms with E-state index in [1.54, 1.807) is 0 Å². The Bertz CT molecular complexity index is 820. The Morgan fingerprint density at radius 2 is 1.71 bits per heavy atom. The summed E-state index contributed by atoms with van der Waals surface area (Å²) in [6.45, 7) is 4.56. The molecular weight excluding hydrogens is 352 g/mol. The van der Waals surface area contributed by atoms with Gasteiger partial charge < -0.3 is 15.0 Å². The topological polar surface area (TPSA) is 58.6 Å². The molecule has 0 aliphatic carbocycles. The smallest absolute Gasteiger partial charge is 0.407 e. The van der Waals surface area contributed by atoms with Crippen molar-refractivity contribution in [3.63, 3.8) is 0 Å². The number of amides is 2. The first-order valence-electron chi connectivity index (χ1n) is 9.54. The van der Waals surface area contributed by atoms with Crippen molar-refractivity contribution in [1.29, 1.82) is 0 Å². The molecule has 0 saturated carbocycles. The fraction of sp³-hybridized carbons (Fsp3) is 0.304. The Morgan fingerprint density at radius 1 is 1.11 bits per heavy atom. The third kappa shape index (κ3) is 4.60. The van der Waals surface area contributed by atoms with Crippen molar-refractivity contribution in [3.05, 3.63) is 83.9 Å². The summed E-state index contributed by atoms with van der Waals surface area (Å²) >= 11 is 0. The Kier molecular flexibility index (Phi) is 6.48. The normalized spacial score (nSPS) is 19.9. The molecule has 1 N–H and O–H groups in total. The van der Waals surface area contributed by atoms with E-state index in [1.165, 1.54) is 0 Å². The second kappa shape index (κ2) is 9.22. The molecule has 28 heavy (non-hydrogen) atoms. The Morgan fingerprint density at radius 3 is 2.32 bits per heavy atom.